The molecule has 1 N–H and O–H groups in total. The molecular weight excluding hydrogens is 261 g/mol. The summed E-state index contributed by atoms with van der Waals surface area (Å²) in [6, 6.07) is 16.1. The summed E-state index contributed by atoms with van der Waals surface area (Å²) < 4.78 is 12.9. The summed E-state index contributed by atoms with van der Waals surface area (Å²) in [6.45, 7) is 6.55. The molecule has 0 radical (unpaired) electrons. The summed E-state index contributed by atoms with van der Waals surface area (Å²) in [5.41, 5.74) is 3.91. The van der Waals surface area contributed by atoms with Gasteiger partial charge in [-0.2, -0.15) is 0 Å². The highest BCUT2D eigenvalue weighted by molar-refractivity contribution is 5.26. The van der Waals surface area contributed by atoms with E-state index in [9.17, 15) is 4.39 Å². The number of aryl methyl sites for hydroxylation is 1. The molecule has 0 amide bonds. The van der Waals surface area contributed by atoms with Crippen LogP contribution in [0.5, 0.6) is 0 Å². The van der Waals surface area contributed by atoms with E-state index < -0.39 is 0 Å². The molecule has 0 aliphatic rings. The van der Waals surface area contributed by atoms with Gasteiger partial charge in [0.05, 0.1) is 0 Å². The second kappa shape index (κ2) is 7.37. The van der Waals surface area contributed by atoms with Gasteiger partial charge in [-0.25, -0.2) is 4.39 Å². The van der Waals surface area contributed by atoms with Gasteiger partial charge < -0.3 is 5.32 Å². The average molecular weight is 285 g/mol. The van der Waals surface area contributed by atoms with Gasteiger partial charge in [0.15, 0.2) is 0 Å². The molecule has 1 nitrogen and oxygen atoms in total. The highest BCUT2D eigenvalue weighted by Crippen LogP contribution is 2.11. The van der Waals surface area contributed by atoms with Crippen molar-refractivity contribution in [3.63, 3.8) is 0 Å². The third kappa shape index (κ3) is 4.98. The zero-order valence-electron chi connectivity index (χ0n) is 13.1. The molecule has 0 spiro atoms. The average Bonchev–Trinajstić information content (AvgIpc) is 2.44. The van der Waals surface area contributed by atoms with Gasteiger partial charge >= 0.3 is 0 Å². The summed E-state index contributed by atoms with van der Waals surface area (Å²) in [5, 5.41) is 3.62. The third-order valence-corrected chi connectivity index (χ3v) is 3.81. The fourth-order valence-corrected chi connectivity index (χ4v) is 2.75. The molecule has 0 saturated carbocycles. The van der Waals surface area contributed by atoms with Gasteiger partial charge in [0.2, 0.25) is 0 Å². The number of hydrogen-bond acceptors (Lipinski definition) is 1. The van der Waals surface area contributed by atoms with E-state index in [2.05, 4.69) is 50.4 Å². The fourth-order valence-electron chi connectivity index (χ4n) is 2.75. The summed E-state index contributed by atoms with van der Waals surface area (Å²) in [4.78, 5) is 0. The lowest BCUT2D eigenvalue weighted by Gasteiger charge is -2.21. The van der Waals surface area contributed by atoms with Crippen molar-refractivity contribution < 1.29 is 4.39 Å². The molecule has 2 aromatic carbocycles. The van der Waals surface area contributed by atoms with Crippen LogP contribution in [0.2, 0.25) is 0 Å². The van der Waals surface area contributed by atoms with Crippen LogP contribution in [-0.4, -0.2) is 12.1 Å². The normalized spacial score (nSPS) is 13.9. The van der Waals surface area contributed by atoms with Gasteiger partial charge in [-0.05, 0) is 62.4 Å². The monoisotopic (exact) mass is 285 g/mol. The molecular formula is C19H24FN. The number of benzene rings is 2. The van der Waals surface area contributed by atoms with E-state index in [1.165, 1.54) is 28.8 Å². The van der Waals surface area contributed by atoms with E-state index in [4.69, 9.17) is 0 Å². The smallest absolute Gasteiger partial charge is 0.123 e. The largest absolute Gasteiger partial charge is 0.311 e. The zero-order valence-corrected chi connectivity index (χ0v) is 13.1. The first kappa shape index (κ1) is 15.7. The number of rotatable bonds is 6. The van der Waals surface area contributed by atoms with E-state index in [0.717, 1.165) is 12.8 Å². The second-order valence-electron chi connectivity index (χ2n) is 5.93. The van der Waals surface area contributed by atoms with Crippen LogP contribution < -0.4 is 5.32 Å². The van der Waals surface area contributed by atoms with E-state index in [-0.39, 0.29) is 5.82 Å². The van der Waals surface area contributed by atoms with Gasteiger partial charge in [-0.1, -0.05) is 36.4 Å². The molecule has 0 aromatic heterocycles. The first-order valence-electron chi connectivity index (χ1n) is 7.59. The topological polar surface area (TPSA) is 12.0 Å². The Kier molecular flexibility index (Phi) is 5.51. The van der Waals surface area contributed by atoms with Gasteiger partial charge in [0.1, 0.15) is 5.82 Å². The highest BCUT2D eigenvalue weighted by Gasteiger charge is 2.10. The van der Waals surface area contributed by atoms with Crippen molar-refractivity contribution >= 4 is 0 Å². The number of hydrogen-bond donors (Lipinski definition) is 1. The van der Waals surface area contributed by atoms with Crippen molar-refractivity contribution in [2.45, 2.75) is 45.7 Å². The first-order chi connectivity index (χ1) is 10.0. The van der Waals surface area contributed by atoms with Crippen LogP contribution in [0.25, 0.3) is 0 Å². The molecule has 2 aromatic rings. The predicted octanol–water partition coefficient (Wildman–Crippen LogP) is 4.29. The Morgan fingerprint density at radius 2 is 1.52 bits per heavy atom. The van der Waals surface area contributed by atoms with Crippen molar-refractivity contribution in [3.05, 3.63) is 71.0 Å². The molecule has 112 valence electrons. The maximum atomic E-state index is 12.9. The van der Waals surface area contributed by atoms with Crippen LogP contribution in [-0.2, 0) is 12.8 Å². The van der Waals surface area contributed by atoms with Crippen LogP contribution in [0.3, 0.4) is 0 Å². The van der Waals surface area contributed by atoms with Crippen molar-refractivity contribution in [1.29, 1.82) is 0 Å². The van der Waals surface area contributed by atoms with Crippen LogP contribution in [0.15, 0.2) is 48.5 Å². The lowest BCUT2D eigenvalue weighted by atomic mass is 10.0. The Hall–Kier alpha value is -1.67. The first-order valence-corrected chi connectivity index (χ1v) is 7.59. The molecule has 0 saturated heterocycles. The molecule has 0 aliphatic heterocycles. The molecule has 2 rings (SSSR count). The lowest BCUT2D eigenvalue weighted by molar-refractivity contribution is 0.461. The summed E-state index contributed by atoms with van der Waals surface area (Å²) >= 11 is 0. The molecule has 2 atom stereocenters. The highest BCUT2D eigenvalue weighted by atomic mass is 19.1. The van der Waals surface area contributed by atoms with Crippen LogP contribution >= 0.6 is 0 Å². The summed E-state index contributed by atoms with van der Waals surface area (Å²) in [5.74, 6) is -0.174. The molecule has 21 heavy (non-hydrogen) atoms. The van der Waals surface area contributed by atoms with Crippen molar-refractivity contribution in [2.75, 3.05) is 0 Å². The molecule has 2 heteroatoms. The third-order valence-electron chi connectivity index (χ3n) is 3.81. The Bertz CT molecular complexity index is 562. The molecule has 0 fully saturated rings. The minimum absolute atomic E-state index is 0.174. The van der Waals surface area contributed by atoms with Crippen molar-refractivity contribution in [3.8, 4) is 0 Å². The Labute approximate surface area is 127 Å². The van der Waals surface area contributed by atoms with Gasteiger partial charge in [0.25, 0.3) is 0 Å². The zero-order chi connectivity index (χ0) is 15.2. The fraction of sp³-hybridized carbons (Fsp3) is 0.368. The van der Waals surface area contributed by atoms with Gasteiger partial charge in [-0.3, -0.25) is 0 Å². The Morgan fingerprint density at radius 1 is 0.905 bits per heavy atom. The molecule has 2 unspecified atom stereocenters. The Morgan fingerprint density at radius 3 is 2.19 bits per heavy atom. The van der Waals surface area contributed by atoms with Crippen molar-refractivity contribution in [1.82, 2.24) is 5.32 Å². The van der Waals surface area contributed by atoms with E-state index in [1.807, 2.05) is 12.1 Å². The van der Waals surface area contributed by atoms with Crippen molar-refractivity contribution in [2.24, 2.45) is 0 Å². The SMILES string of the molecule is Cc1ccccc1CC(C)NC(C)Cc1ccc(F)cc1. The number of halogens is 1. The number of nitrogens with one attached hydrogen (secondary N) is 1. The maximum absolute atomic E-state index is 12.9. The van der Waals surface area contributed by atoms with E-state index in [0.29, 0.717) is 12.1 Å². The minimum atomic E-state index is -0.174. The quantitative estimate of drug-likeness (QED) is 0.835. The van der Waals surface area contributed by atoms with Gasteiger partial charge in [-0.15, -0.1) is 0 Å². The maximum Gasteiger partial charge on any atom is 0.123 e. The van der Waals surface area contributed by atoms with Crippen LogP contribution in [0.4, 0.5) is 4.39 Å². The lowest BCUT2D eigenvalue weighted by Crippen LogP contribution is -2.37. The van der Waals surface area contributed by atoms with Crippen LogP contribution in [0, 0.1) is 12.7 Å². The van der Waals surface area contributed by atoms with E-state index >= 15 is 0 Å². The van der Waals surface area contributed by atoms with Crippen LogP contribution in [0.1, 0.15) is 30.5 Å². The molecule has 0 heterocycles. The molecule has 0 bridgehead atoms. The minimum Gasteiger partial charge on any atom is -0.311 e. The summed E-state index contributed by atoms with van der Waals surface area (Å²) in [7, 11) is 0. The standard InChI is InChI=1S/C19H24FN/c1-14-6-4-5-7-18(14)13-16(3)21-15(2)12-17-8-10-19(20)11-9-17/h4-11,15-16,21H,12-13H2,1-3H3. The molecule has 0 aliphatic carbocycles. The predicted molar refractivity (Wildman–Crippen MR) is 87.0 cm³/mol. The van der Waals surface area contributed by atoms with Gasteiger partial charge in [0, 0.05) is 12.1 Å². The second-order valence-corrected chi connectivity index (χ2v) is 5.93. The van der Waals surface area contributed by atoms with E-state index in [1.54, 1.807) is 0 Å². The summed E-state index contributed by atoms with van der Waals surface area (Å²) in [6.07, 6.45) is 1.94. The Balaban J connectivity index is 1.86.